The molecule has 1 rings (SSSR count). The summed E-state index contributed by atoms with van der Waals surface area (Å²) in [5.74, 6) is 0. The summed E-state index contributed by atoms with van der Waals surface area (Å²) in [6.45, 7) is 5.51. The first-order valence-corrected chi connectivity index (χ1v) is 3.83. The Morgan fingerprint density at radius 1 is 1.23 bits per heavy atom. The first kappa shape index (κ1) is 10.1. The maximum Gasteiger partial charge on any atom is 0.504 e. The second-order valence-electron chi connectivity index (χ2n) is 3.89. The van der Waals surface area contributed by atoms with Crippen LogP contribution in [0.4, 0.5) is 13.2 Å². The summed E-state index contributed by atoms with van der Waals surface area (Å²) in [5, 5.41) is 3.25. The second kappa shape index (κ2) is 2.75. The number of alkyl halides is 3. The molecule has 0 saturated carbocycles. The first-order valence-electron chi connectivity index (χ1n) is 3.83. The van der Waals surface area contributed by atoms with Crippen LogP contribution < -0.4 is 0 Å². The van der Waals surface area contributed by atoms with Gasteiger partial charge in [0.05, 0.1) is 6.20 Å². The van der Waals surface area contributed by atoms with E-state index in [1.165, 1.54) is 6.20 Å². The Bertz CT molecular complexity index is 265. The van der Waals surface area contributed by atoms with Gasteiger partial charge in [-0.15, -0.1) is 13.2 Å². The standard InChI is InChI=1S/C8H11F3N2/c1-7(2,3)6-4-12-13(5-6)8(9,10)11/h4-5H,1-3H3. The molecule has 2 nitrogen and oxygen atoms in total. The van der Waals surface area contributed by atoms with Crippen LogP contribution in [0.3, 0.4) is 0 Å². The normalized spacial score (nSPS) is 13.4. The summed E-state index contributed by atoms with van der Waals surface area (Å²) in [6, 6.07) is 0. The van der Waals surface area contributed by atoms with E-state index >= 15 is 0 Å². The highest BCUT2D eigenvalue weighted by Crippen LogP contribution is 2.26. The number of hydrogen-bond acceptors (Lipinski definition) is 1. The minimum absolute atomic E-state index is 0.0214. The van der Waals surface area contributed by atoms with Gasteiger partial charge in [-0.25, -0.2) is 0 Å². The molecule has 0 atom stereocenters. The Morgan fingerprint density at radius 2 is 1.77 bits per heavy atom. The SMILES string of the molecule is CC(C)(C)c1cnn(C(F)(F)F)c1. The van der Waals surface area contributed by atoms with Crippen molar-refractivity contribution in [2.24, 2.45) is 0 Å². The second-order valence-corrected chi connectivity index (χ2v) is 3.89. The smallest absolute Gasteiger partial charge is 0.179 e. The molecule has 0 aliphatic heterocycles. The first-order chi connectivity index (χ1) is 5.71. The largest absolute Gasteiger partial charge is 0.504 e. The quantitative estimate of drug-likeness (QED) is 0.617. The van der Waals surface area contributed by atoms with Crippen LogP contribution in [0.15, 0.2) is 12.4 Å². The van der Waals surface area contributed by atoms with E-state index < -0.39 is 6.30 Å². The molecule has 0 bridgehead atoms. The molecule has 0 fully saturated rings. The van der Waals surface area contributed by atoms with Crippen LogP contribution in [0.25, 0.3) is 0 Å². The molecule has 0 radical (unpaired) electrons. The van der Waals surface area contributed by atoms with E-state index in [0.29, 0.717) is 5.56 Å². The van der Waals surface area contributed by atoms with Gasteiger partial charge in [0.25, 0.3) is 0 Å². The van der Waals surface area contributed by atoms with Gasteiger partial charge >= 0.3 is 6.30 Å². The van der Waals surface area contributed by atoms with Crippen LogP contribution in [-0.2, 0) is 11.7 Å². The fraction of sp³-hybridized carbons (Fsp3) is 0.625. The fourth-order valence-electron chi connectivity index (χ4n) is 0.849. The maximum atomic E-state index is 12.1. The fourth-order valence-corrected chi connectivity index (χ4v) is 0.849. The molecule has 1 aromatic rings. The zero-order valence-electron chi connectivity index (χ0n) is 7.68. The lowest BCUT2D eigenvalue weighted by Gasteiger charge is -2.15. The Morgan fingerprint density at radius 3 is 2.00 bits per heavy atom. The molecule has 0 aliphatic rings. The lowest BCUT2D eigenvalue weighted by molar-refractivity contribution is -0.212. The predicted molar refractivity (Wildman–Crippen MR) is 42.2 cm³/mol. The Balaban J connectivity index is 3.01. The number of aromatic nitrogens is 2. The topological polar surface area (TPSA) is 17.8 Å². The van der Waals surface area contributed by atoms with Crippen LogP contribution in [0.5, 0.6) is 0 Å². The summed E-state index contributed by atoms with van der Waals surface area (Å²) >= 11 is 0. The van der Waals surface area contributed by atoms with Crippen molar-refractivity contribution in [3.63, 3.8) is 0 Å². The molecule has 0 amide bonds. The van der Waals surface area contributed by atoms with Crippen LogP contribution in [0, 0.1) is 0 Å². The van der Waals surface area contributed by atoms with Gasteiger partial charge in [-0.1, -0.05) is 20.8 Å². The molecule has 0 saturated heterocycles. The van der Waals surface area contributed by atoms with Gasteiger partial charge in [0.2, 0.25) is 0 Å². The molecular weight excluding hydrogens is 181 g/mol. The van der Waals surface area contributed by atoms with Gasteiger partial charge in [0, 0.05) is 6.20 Å². The minimum Gasteiger partial charge on any atom is -0.179 e. The van der Waals surface area contributed by atoms with Gasteiger partial charge < -0.3 is 0 Å². The monoisotopic (exact) mass is 192 g/mol. The Labute approximate surface area is 74.4 Å². The molecule has 5 heteroatoms. The lowest BCUT2D eigenvalue weighted by atomic mass is 9.90. The summed E-state index contributed by atoms with van der Waals surface area (Å²) in [7, 11) is 0. The van der Waals surface area contributed by atoms with E-state index in [2.05, 4.69) is 5.10 Å². The van der Waals surface area contributed by atoms with Crippen molar-refractivity contribution < 1.29 is 13.2 Å². The van der Waals surface area contributed by atoms with Crippen LogP contribution in [0.1, 0.15) is 26.3 Å². The van der Waals surface area contributed by atoms with Crippen molar-refractivity contribution in [2.75, 3.05) is 0 Å². The summed E-state index contributed by atoms with van der Waals surface area (Å²) in [6.07, 6.45) is -2.16. The molecule has 74 valence electrons. The lowest BCUT2D eigenvalue weighted by Crippen LogP contribution is -2.17. The van der Waals surface area contributed by atoms with E-state index in [-0.39, 0.29) is 10.1 Å². The third kappa shape index (κ3) is 2.23. The van der Waals surface area contributed by atoms with E-state index in [0.717, 1.165) is 6.20 Å². The van der Waals surface area contributed by atoms with Crippen molar-refractivity contribution in [2.45, 2.75) is 32.5 Å². The zero-order chi connectivity index (χ0) is 10.3. The summed E-state index contributed by atoms with van der Waals surface area (Å²) in [4.78, 5) is 0. The Hall–Kier alpha value is -1.00. The van der Waals surface area contributed by atoms with Crippen molar-refractivity contribution in [1.82, 2.24) is 9.78 Å². The number of nitrogens with zero attached hydrogens (tertiary/aromatic N) is 2. The van der Waals surface area contributed by atoms with Gasteiger partial charge in [-0.2, -0.15) is 9.78 Å². The average Bonchev–Trinajstić information content (AvgIpc) is 2.28. The predicted octanol–water partition coefficient (Wildman–Crippen LogP) is 2.66. The van der Waals surface area contributed by atoms with E-state index in [1.54, 1.807) is 0 Å². The minimum atomic E-state index is -4.41. The molecular formula is C8H11F3N2. The van der Waals surface area contributed by atoms with Crippen molar-refractivity contribution in [3.05, 3.63) is 18.0 Å². The Kier molecular flexibility index (Phi) is 2.13. The number of rotatable bonds is 0. The molecule has 1 heterocycles. The van der Waals surface area contributed by atoms with Crippen molar-refractivity contribution in [3.8, 4) is 0 Å². The zero-order valence-corrected chi connectivity index (χ0v) is 7.68. The van der Waals surface area contributed by atoms with Crippen LogP contribution >= 0.6 is 0 Å². The van der Waals surface area contributed by atoms with Gasteiger partial charge in [0.15, 0.2) is 0 Å². The van der Waals surface area contributed by atoms with Crippen LogP contribution in [-0.4, -0.2) is 9.78 Å². The van der Waals surface area contributed by atoms with Gasteiger partial charge in [-0.05, 0) is 11.0 Å². The van der Waals surface area contributed by atoms with Gasteiger partial charge in [0.1, 0.15) is 0 Å². The average molecular weight is 192 g/mol. The number of halogens is 3. The highest BCUT2D eigenvalue weighted by molar-refractivity contribution is 5.15. The van der Waals surface area contributed by atoms with Gasteiger partial charge in [-0.3, -0.25) is 0 Å². The highest BCUT2D eigenvalue weighted by atomic mass is 19.4. The molecule has 0 aliphatic carbocycles. The molecule has 1 aromatic heterocycles. The summed E-state index contributed by atoms with van der Waals surface area (Å²) in [5.41, 5.74) is 0.272. The third-order valence-electron chi connectivity index (χ3n) is 1.71. The van der Waals surface area contributed by atoms with Crippen molar-refractivity contribution >= 4 is 0 Å². The summed E-state index contributed by atoms with van der Waals surface area (Å²) < 4.78 is 36.3. The molecule has 0 unspecified atom stereocenters. The van der Waals surface area contributed by atoms with E-state index in [1.807, 2.05) is 20.8 Å². The van der Waals surface area contributed by atoms with Crippen LogP contribution in [0.2, 0.25) is 0 Å². The molecule has 0 N–H and O–H groups in total. The van der Waals surface area contributed by atoms with E-state index in [9.17, 15) is 13.2 Å². The third-order valence-corrected chi connectivity index (χ3v) is 1.71. The molecule has 0 spiro atoms. The molecule has 0 aromatic carbocycles. The highest BCUT2D eigenvalue weighted by Gasteiger charge is 2.32. The molecule has 13 heavy (non-hydrogen) atoms. The van der Waals surface area contributed by atoms with Crippen molar-refractivity contribution in [1.29, 1.82) is 0 Å². The van der Waals surface area contributed by atoms with E-state index in [4.69, 9.17) is 0 Å². The number of hydrogen-bond donors (Lipinski definition) is 0. The maximum absolute atomic E-state index is 12.1.